The topological polar surface area (TPSA) is 258 Å². The third-order valence-corrected chi connectivity index (χ3v) is 7.62. The van der Waals surface area contributed by atoms with Gasteiger partial charge in [0.2, 0.25) is 35.4 Å². The van der Waals surface area contributed by atoms with Crippen molar-refractivity contribution in [2.75, 3.05) is 19.6 Å². The van der Waals surface area contributed by atoms with Gasteiger partial charge in [-0.25, -0.2) is 0 Å². The molecule has 2 rings (SSSR count). The van der Waals surface area contributed by atoms with Crippen LogP contribution in [0.4, 0.5) is 0 Å². The Balaban J connectivity index is 2.36. The van der Waals surface area contributed by atoms with Crippen LogP contribution in [0, 0.1) is 5.92 Å². The summed E-state index contributed by atoms with van der Waals surface area (Å²) in [6.45, 7) is 4.00. The highest BCUT2D eigenvalue weighted by molar-refractivity contribution is 5.98. The minimum absolute atomic E-state index is 0.0289. The highest BCUT2D eigenvalue weighted by Gasteiger charge is 2.33. The summed E-state index contributed by atoms with van der Waals surface area (Å²) < 4.78 is 0. The molecule has 0 aromatic heterocycles. The summed E-state index contributed by atoms with van der Waals surface area (Å²) in [5, 5.41) is 34.4. The van der Waals surface area contributed by atoms with E-state index in [0.29, 0.717) is 43.7 Å². The van der Waals surface area contributed by atoms with Crippen LogP contribution in [0.15, 0.2) is 24.3 Å². The first-order valence-electron chi connectivity index (χ1n) is 16.2. The lowest BCUT2D eigenvalue weighted by molar-refractivity contribution is -0.141. The number of unbranched alkanes of at least 4 members (excludes halogenated alkanes) is 1. The van der Waals surface area contributed by atoms with E-state index in [1.165, 1.54) is 24.3 Å². The van der Waals surface area contributed by atoms with Crippen molar-refractivity contribution in [1.29, 1.82) is 0 Å². The zero-order valence-corrected chi connectivity index (χ0v) is 27.5. The van der Waals surface area contributed by atoms with E-state index in [9.17, 15) is 43.8 Å². The standard InChI is InChI=1S/C32H49N7O9/c1-19(2)8-13-26(41)34-15-4-3-6-23-30(46)37-22(7-5-14-33)29(45)35-18-27(42)36-25(17-28(43)44)32(48)39-24(31(47)38-23)16-20-9-11-21(40)12-10-20/h9-12,19,22-25,40H,3-8,13-18,33H2,1-2H3,(H,34,41)(H,35,45)(H,36,42)(H,37,46)(H,38,47)(H,39,48)(H,43,44)/t22-,23?,24+,25-/m0/s1. The minimum atomic E-state index is -1.59. The van der Waals surface area contributed by atoms with Gasteiger partial charge in [0.25, 0.3) is 0 Å². The third-order valence-electron chi connectivity index (χ3n) is 7.62. The Kier molecular flexibility index (Phi) is 16.8. The first-order valence-corrected chi connectivity index (χ1v) is 16.2. The monoisotopic (exact) mass is 675 g/mol. The van der Waals surface area contributed by atoms with Crippen molar-refractivity contribution in [1.82, 2.24) is 31.9 Å². The predicted octanol–water partition coefficient (Wildman–Crippen LogP) is -1.06. The van der Waals surface area contributed by atoms with Gasteiger partial charge in [0.15, 0.2) is 0 Å². The molecule has 1 fully saturated rings. The fraction of sp³-hybridized carbons (Fsp3) is 0.594. The molecule has 1 unspecified atom stereocenters. The number of benzene rings is 1. The Morgan fingerprint density at radius 1 is 0.833 bits per heavy atom. The van der Waals surface area contributed by atoms with Crippen LogP contribution >= 0.6 is 0 Å². The van der Waals surface area contributed by atoms with Crippen LogP contribution in [-0.4, -0.2) is 95.4 Å². The molecule has 0 saturated carbocycles. The number of rotatable bonds is 15. The molecule has 0 aliphatic carbocycles. The van der Waals surface area contributed by atoms with Crippen LogP contribution in [-0.2, 0) is 40.0 Å². The lowest BCUT2D eigenvalue weighted by Crippen LogP contribution is -2.58. The van der Waals surface area contributed by atoms with Gasteiger partial charge in [-0.1, -0.05) is 26.0 Å². The number of carbonyl (C=O) groups is 7. The van der Waals surface area contributed by atoms with E-state index in [1.807, 2.05) is 13.8 Å². The molecule has 16 heteroatoms. The molecule has 10 N–H and O–H groups in total. The van der Waals surface area contributed by atoms with Crippen LogP contribution in [0.25, 0.3) is 0 Å². The Labute approximate surface area is 279 Å². The highest BCUT2D eigenvalue weighted by atomic mass is 16.4. The van der Waals surface area contributed by atoms with E-state index >= 15 is 0 Å². The summed E-state index contributed by atoms with van der Waals surface area (Å²) in [5.41, 5.74) is 6.15. The second kappa shape index (κ2) is 20.5. The number of amides is 6. The van der Waals surface area contributed by atoms with E-state index in [1.54, 1.807) is 0 Å². The largest absolute Gasteiger partial charge is 0.508 e. The smallest absolute Gasteiger partial charge is 0.305 e. The molecule has 16 nitrogen and oxygen atoms in total. The van der Waals surface area contributed by atoms with E-state index in [2.05, 4.69) is 31.9 Å². The number of aromatic hydroxyl groups is 1. The van der Waals surface area contributed by atoms with Crippen LogP contribution in [0.1, 0.15) is 70.8 Å². The number of nitrogens with two attached hydrogens (primary N) is 1. The summed E-state index contributed by atoms with van der Waals surface area (Å²) in [6.07, 6.45) is 1.72. The molecule has 48 heavy (non-hydrogen) atoms. The lowest BCUT2D eigenvalue weighted by Gasteiger charge is -2.26. The van der Waals surface area contributed by atoms with Gasteiger partial charge >= 0.3 is 5.97 Å². The number of hydrogen-bond donors (Lipinski definition) is 9. The number of phenolic OH excluding ortho intramolecular Hbond substituents is 1. The number of carboxylic acids is 1. The number of carboxylic acid groups (broad SMARTS) is 1. The number of hydrogen-bond acceptors (Lipinski definition) is 9. The van der Waals surface area contributed by atoms with Gasteiger partial charge in [-0.2, -0.15) is 0 Å². The number of carbonyl (C=O) groups excluding carboxylic acids is 6. The van der Waals surface area contributed by atoms with E-state index < -0.39 is 72.6 Å². The maximum absolute atomic E-state index is 13.7. The van der Waals surface area contributed by atoms with Crippen LogP contribution in [0.3, 0.4) is 0 Å². The van der Waals surface area contributed by atoms with Crippen LogP contribution in [0.2, 0.25) is 0 Å². The van der Waals surface area contributed by atoms with Gasteiger partial charge in [-0.05, 0) is 68.7 Å². The SMILES string of the molecule is CC(C)CCC(=O)NCCCCC1NC(=O)[C@@H](Cc2ccc(O)cc2)NC(=O)[C@H](CC(=O)O)NC(=O)CNC(=O)[C@H](CCCN)NC1=O. The molecule has 1 saturated heterocycles. The molecule has 266 valence electrons. The first kappa shape index (κ1) is 39.4. The number of aliphatic carboxylic acids is 1. The lowest BCUT2D eigenvalue weighted by atomic mass is 10.0. The van der Waals surface area contributed by atoms with Crippen molar-refractivity contribution in [3.8, 4) is 5.75 Å². The zero-order valence-electron chi connectivity index (χ0n) is 27.5. The average Bonchev–Trinajstić information content (AvgIpc) is 3.03. The van der Waals surface area contributed by atoms with Crippen molar-refractivity contribution in [2.24, 2.45) is 11.7 Å². The second-order valence-electron chi connectivity index (χ2n) is 12.2. The van der Waals surface area contributed by atoms with E-state index in [-0.39, 0.29) is 37.5 Å². The molecule has 1 aliphatic heterocycles. The van der Waals surface area contributed by atoms with Gasteiger partial charge in [0.1, 0.15) is 29.9 Å². The van der Waals surface area contributed by atoms with Gasteiger partial charge in [-0.3, -0.25) is 33.6 Å². The molecule has 1 aromatic rings. The van der Waals surface area contributed by atoms with Gasteiger partial charge in [-0.15, -0.1) is 0 Å². The summed E-state index contributed by atoms with van der Waals surface area (Å²) in [5.74, 6) is -5.13. The zero-order chi connectivity index (χ0) is 35.6. The number of phenols is 1. The second-order valence-corrected chi connectivity index (χ2v) is 12.2. The first-order chi connectivity index (χ1) is 22.8. The third kappa shape index (κ3) is 14.8. The summed E-state index contributed by atoms with van der Waals surface area (Å²) in [7, 11) is 0. The summed E-state index contributed by atoms with van der Waals surface area (Å²) in [4.78, 5) is 89.9. The van der Waals surface area contributed by atoms with Crippen LogP contribution < -0.4 is 37.6 Å². The van der Waals surface area contributed by atoms with Crippen molar-refractivity contribution < 1.29 is 43.8 Å². The van der Waals surface area contributed by atoms with E-state index in [0.717, 1.165) is 6.42 Å². The van der Waals surface area contributed by atoms with Gasteiger partial charge < -0.3 is 47.8 Å². The average molecular weight is 676 g/mol. The quantitative estimate of drug-likeness (QED) is 0.102. The van der Waals surface area contributed by atoms with Crippen molar-refractivity contribution in [2.45, 2.75) is 95.8 Å². The van der Waals surface area contributed by atoms with Crippen molar-refractivity contribution in [3.63, 3.8) is 0 Å². The molecule has 1 heterocycles. The molecule has 0 spiro atoms. The molecule has 0 radical (unpaired) electrons. The Hall–Kier alpha value is -4.73. The van der Waals surface area contributed by atoms with Crippen LogP contribution in [0.5, 0.6) is 5.75 Å². The molecule has 6 amide bonds. The molecule has 4 atom stereocenters. The molecular weight excluding hydrogens is 626 g/mol. The molecule has 1 aromatic carbocycles. The van der Waals surface area contributed by atoms with Gasteiger partial charge in [0.05, 0.1) is 13.0 Å². The fourth-order valence-electron chi connectivity index (χ4n) is 4.88. The Bertz CT molecular complexity index is 1270. The minimum Gasteiger partial charge on any atom is -0.508 e. The highest BCUT2D eigenvalue weighted by Crippen LogP contribution is 2.13. The normalized spacial score (nSPS) is 21.1. The van der Waals surface area contributed by atoms with Crippen molar-refractivity contribution >= 4 is 41.4 Å². The maximum Gasteiger partial charge on any atom is 0.305 e. The molecule has 0 bridgehead atoms. The molecule has 1 aliphatic rings. The maximum atomic E-state index is 13.7. The fourth-order valence-corrected chi connectivity index (χ4v) is 4.88. The Morgan fingerprint density at radius 3 is 2.04 bits per heavy atom. The van der Waals surface area contributed by atoms with Crippen molar-refractivity contribution in [3.05, 3.63) is 29.8 Å². The molecular formula is C32H49N7O9. The summed E-state index contributed by atoms with van der Waals surface area (Å²) >= 11 is 0. The van der Waals surface area contributed by atoms with E-state index in [4.69, 9.17) is 5.73 Å². The number of nitrogens with one attached hydrogen (secondary N) is 6. The Morgan fingerprint density at radius 2 is 1.42 bits per heavy atom. The predicted molar refractivity (Wildman–Crippen MR) is 174 cm³/mol. The summed E-state index contributed by atoms with van der Waals surface area (Å²) in [6, 6.07) is 0.633. The van der Waals surface area contributed by atoms with Gasteiger partial charge in [0, 0.05) is 19.4 Å².